The number of likely N-dealkylation sites (tertiary alicyclic amines) is 1. The summed E-state index contributed by atoms with van der Waals surface area (Å²) < 4.78 is 1.81. The SMILES string of the molecule is CCc1nn(C)c(CN2C[C@@H](C)[C@H](C(=O)O)C2)c1Cl. The zero-order valence-corrected chi connectivity index (χ0v) is 12.3. The van der Waals surface area contributed by atoms with Gasteiger partial charge in [0.2, 0.25) is 0 Å². The molecular formula is C13H20ClN3O2. The maximum Gasteiger partial charge on any atom is 0.308 e. The Kier molecular flexibility index (Phi) is 4.16. The Labute approximate surface area is 118 Å². The number of nitrogens with zero attached hydrogens (tertiary/aromatic N) is 3. The molecule has 1 aromatic rings. The number of aryl methyl sites for hydroxylation is 2. The molecule has 0 saturated carbocycles. The maximum absolute atomic E-state index is 11.1. The number of rotatable bonds is 4. The molecule has 0 amide bonds. The van der Waals surface area contributed by atoms with Crippen LogP contribution in [0.3, 0.4) is 0 Å². The van der Waals surface area contributed by atoms with E-state index in [9.17, 15) is 4.79 Å². The average Bonchev–Trinajstić information content (AvgIpc) is 2.84. The molecule has 1 fully saturated rings. The van der Waals surface area contributed by atoms with Crippen molar-refractivity contribution in [3.8, 4) is 0 Å². The second-order valence-electron chi connectivity index (χ2n) is 5.30. The van der Waals surface area contributed by atoms with E-state index in [2.05, 4.69) is 10.00 Å². The number of carboxylic acids is 1. The van der Waals surface area contributed by atoms with E-state index in [1.165, 1.54) is 0 Å². The van der Waals surface area contributed by atoms with Crippen molar-refractivity contribution in [2.24, 2.45) is 18.9 Å². The standard InChI is InChI=1S/C13H20ClN3O2/c1-4-10-12(14)11(16(3)15-10)7-17-5-8(2)9(6-17)13(18)19/h8-9H,4-7H2,1-3H3,(H,18,19)/t8-,9-/m1/s1. The van der Waals surface area contributed by atoms with Crippen LogP contribution in [0.4, 0.5) is 0 Å². The summed E-state index contributed by atoms with van der Waals surface area (Å²) in [5.41, 5.74) is 1.87. The first-order valence-corrected chi connectivity index (χ1v) is 6.97. The van der Waals surface area contributed by atoms with Crippen LogP contribution in [0.25, 0.3) is 0 Å². The molecule has 2 atom stereocenters. The number of carboxylic acid groups (broad SMARTS) is 1. The zero-order chi connectivity index (χ0) is 14.2. The summed E-state index contributed by atoms with van der Waals surface area (Å²) >= 11 is 6.32. The number of aliphatic carboxylic acids is 1. The zero-order valence-electron chi connectivity index (χ0n) is 11.6. The van der Waals surface area contributed by atoms with Gasteiger partial charge >= 0.3 is 5.97 Å². The quantitative estimate of drug-likeness (QED) is 0.916. The maximum atomic E-state index is 11.1. The van der Waals surface area contributed by atoms with Gasteiger partial charge in [0.1, 0.15) is 0 Å². The molecule has 0 radical (unpaired) electrons. The van der Waals surface area contributed by atoms with Gasteiger partial charge in [-0.2, -0.15) is 5.10 Å². The van der Waals surface area contributed by atoms with Crippen molar-refractivity contribution in [1.29, 1.82) is 0 Å². The predicted octanol–water partition coefficient (Wildman–Crippen LogP) is 1.79. The molecule has 1 saturated heterocycles. The fraction of sp³-hybridized carbons (Fsp3) is 0.692. The summed E-state index contributed by atoms with van der Waals surface area (Å²) in [5, 5.41) is 14.3. The summed E-state index contributed by atoms with van der Waals surface area (Å²) in [7, 11) is 1.88. The van der Waals surface area contributed by atoms with Gasteiger partial charge < -0.3 is 5.11 Å². The lowest BCUT2D eigenvalue weighted by Gasteiger charge is -2.15. The number of carbonyl (C=O) groups is 1. The van der Waals surface area contributed by atoms with Crippen molar-refractivity contribution < 1.29 is 9.90 Å². The molecule has 19 heavy (non-hydrogen) atoms. The Hall–Kier alpha value is -1.07. The fourth-order valence-corrected chi connectivity index (χ4v) is 3.07. The lowest BCUT2D eigenvalue weighted by Crippen LogP contribution is -2.24. The van der Waals surface area contributed by atoms with E-state index in [0.29, 0.717) is 13.1 Å². The molecule has 0 aromatic carbocycles. The van der Waals surface area contributed by atoms with Crippen molar-refractivity contribution in [2.45, 2.75) is 26.8 Å². The third-order valence-electron chi connectivity index (χ3n) is 3.88. The van der Waals surface area contributed by atoms with Crippen LogP contribution in [0, 0.1) is 11.8 Å². The van der Waals surface area contributed by atoms with Gasteiger partial charge in [0.05, 0.1) is 22.3 Å². The van der Waals surface area contributed by atoms with Gasteiger partial charge in [-0.3, -0.25) is 14.4 Å². The highest BCUT2D eigenvalue weighted by Gasteiger charge is 2.35. The van der Waals surface area contributed by atoms with Gasteiger partial charge in [0.15, 0.2) is 0 Å². The molecule has 1 aromatic heterocycles. The molecule has 2 rings (SSSR count). The van der Waals surface area contributed by atoms with Gasteiger partial charge in [-0.05, 0) is 12.3 Å². The summed E-state index contributed by atoms with van der Waals surface area (Å²) in [5.74, 6) is -0.812. The molecule has 106 valence electrons. The Morgan fingerprint density at radius 2 is 2.21 bits per heavy atom. The van der Waals surface area contributed by atoms with Crippen molar-refractivity contribution >= 4 is 17.6 Å². The van der Waals surface area contributed by atoms with E-state index >= 15 is 0 Å². The van der Waals surface area contributed by atoms with Crippen molar-refractivity contribution in [3.63, 3.8) is 0 Å². The van der Waals surface area contributed by atoms with E-state index < -0.39 is 5.97 Å². The monoisotopic (exact) mass is 285 g/mol. The van der Waals surface area contributed by atoms with Gasteiger partial charge in [-0.25, -0.2) is 0 Å². The average molecular weight is 286 g/mol. The van der Waals surface area contributed by atoms with Crippen LogP contribution in [0.5, 0.6) is 0 Å². The van der Waals surface area contributed by atoms with Gasteiger partial charge in [-0.15, -0.1) is 0 Å². The minimum atomic E-state index is -0.708. The Bertz CT molecular complexity index is 486. The molecule has 0 unspecified atom stereocenters. The Morgan fingerprint density at radius 3 is 2.68 bits per heavy atom. The van der Waals surface area contributed by atoms with Crippen molar-refractivity contribution in [1.82, 2.24) is 14.7 Å². The molecule has 0 spiro atoms. The largest absolute Gasteiger partial charge is 0.481 e. The van der Waals surface area contributed by atoms with Crippen LogP contribution in [0.2, 0.25) is 5.02 Å². The van der Waals surface area contributed by atoms with Crippen molar-refractivity contribution in [3.05, 3.63) is 16.4 Å². The highest BCUT2D eigenvalue weighted by Crippen LogP contribution is 2.27. The first-order chi connectivity index (χ1) is 8.93. The molecule has 5 nitrogen and oxygen atoms in total. The van der Waals surface area contributed by atoms with E-state index in [1.807, 2.05) is 20.9 Å². The topological polar surface area (TPSA) is 58.4 Å². The summed E-state index contributed by atoms with van der Waals surface area (Å²) in [4.78, 5) is 13.3. The first kappa shape index (κ1) is 14.3. The normalized spacial score (nSPS) is 24.0. The molecule has 1 N–H and O–H groups in total. The number of hydrogen-bond donors (Lipinski definition) is 1. The molecule has 1 aliphatic heterocycles. The first-order valence-electron chi connectivity index (χ1n) is 6.59. The van der Waals surface area contributed by atoms with Crippen LogP contribution in [-0.2, 0) is 24.8 Å². The number of aromatic nitrogens is 2. The van der Waals surface area contributed by atoms with Crippen LogP contribution in [-0.4, -0.2) is 38.8 Å². The van der Waals surface area contributed by atoms with E-state index in [4.69, 9.17) is 16.7 Å². The van der Waals surface area contributed by atoms with Crippen LogP contribution in [0.1, 0.15) is 25.2 Å². The van der Waals surface area contributed by atoms with E-state index in [-0.39, 0.29) is 11.8 Å². The van der Waals surface area contributed by atoms with Gasteiger partial charge in [0.25, 0.3) is 0 Å². The smallest absolute Gasteiger partial charge is 0.308 e. The van der Waals surface area contributed by atoms with Crippen LogP contribution in [0.15, 0.2) is 0 Å². The lowest BCUT2D eigenvalue weighted by molar-refractivity contribution is -0.142. The Balaban J connectivity index is 2.11. The molecule has 0 aliphatic carbocycles. The molecule has 6 heteroatoms. The van der Waals surface area contributed by atoms with Crippen molar-refractivity contribution in [2.75, 3.05) is 13.1 Å². The second-order valence-corrected chi connectivity index (χ2v) is 5.68. The number of hydrogen-bond acceptors (Lipinski definition) is 3. The second kappa shape index (κ2) is 5.51. The van der Waals surface area contributed by atoms with Crippen LogP contribution >= 0.6 is 11.6 Å². The molecular weight excluding hydrogens is 266 g/mol. The summed E-state index contributed by atoms with van der Waals surface area (Å²) in [6.07, 6.45) is 0.806. The highest BCUT2D eigenvalue weighted by molar-refractivity contribution is 6.31. The summed E-state index contributed by atoms with van der Waals surface area (Å²) in [6.45, 7) is 6.05. The number of halogens is 1. The Morgan fingerprint density at radius 1 is 1.53 bits per heavy atom. The third-order valence-corrected chi connectivity index (χ3v) is 4.32. The molecule has 1 aliphatic rings. The molecule has 2 heterocycles. The minimum absolute atomic E-state index is 0.176. The van der Waals surface area contributed by atoms with Gasteiger partial charge in [0, 0.05) is 26.7 Å². The van der Waals surface area contributed by atoms with Gasteiger partial charge in [-0.1, -0.05) is 25.4 Å². The summed E-state index contributed by atoms with van der Waals surface area (Å²) in [6, 6.07) is 0. The predicted molar refractivity (Wildman–Crippen MR) is 73.2 cm³/mol. The van der Waals surface area contributed by atoms with E-state index in [1.54, 1.807) is 4.68 Å². The van der Waals surface area contributed by atoms with Crippen LogP contribution < -0.4 is 0 Å². The van der Waals surface area contributed by atoms with E-state index in [0.717, 1.165) is 29.4 Å². The molecule has 0 bridgehead atoms. The highest BCUT2D eigenvalue weighted by atomic mass is 35.5. The minimum Gasteiger partial charge on any atom is -0.481 e. The third kappa shape index (κ3) is 2.77. The fourth-order valence-electron chi connectivity index (χ4n) is 2.72. The lowest BCUT2D eigenvalue weighted by atomic mass is 9.99.